The number of ketones is 1. The maximum Gasteiger partial charge on any atom is 0.329 e. The topological polar surface area (TPSA) is 113 Å². The second kappa shape index (κ2) is 9.97. The summed E-state index contributed by atoms with van der Waals surface area (Å²) in [6.07, 6.45) is 4.30. The molecule has 1 aliphatic carbocycles. The van der Waals surface area contributed by atoms with Crippen LogP contribution in [0.25, 0.3) is 10.9 Å². The molecule has 0 atom stereocenters. The van der Waals surface area contributed by atoms with Crippen molar-refractivity contribution in [3.63, 3.8) is 0 Å². The average molecular weight is 500 g/mol. The number of carboxylic acids is 1. The molecule has 0 unspecified atom stereocenters. The number of aliphatic carboxylic acids is 1. The third-order valence-corrected chi connectivity index (χ3v) is 7.03. The summed E-state index contributed by atoms with van der Waals surface area (Å²) in [6.45, 7) is 2.84. The predicted molar refractivity (Wildman–Crippen MR) is 139 cm³/mol. The lowest BCUT2D eigenvalue weighted by molar-refractivity contribution is -0.144. The Bertz CT molecular complexity index is 1460. The zero-order valence-electron chi connectivity index (χ0n) is 20.6. The summed E-state index contributed by atoms with van der Waals surface area (Å²) in [5.41, 5.74) is 2.22. The number of rotatable bonds is 9. The van der Waals surface area contributed by atoms with Crippen molar-refractivity contribution < 1.29 is 24.2 Å². The molecule has 2 aromatic carbocycles. The van der Waals surface area contributed by atoms with Gasteiger partial charge in [0.15, 0.2) is 0 Å². The fraction of sp³-hybridized carbons (Fsp3) is 0.276. The number of hydrogen-bond acceptors (Lipinski definition) is 4. The molecular weight excluding hydrogens is 470 g/mol. The van der Waals surface area contributed by atoms with Crippen molar-refractivity contribution in [2.75, 3.05) is 6.61 Å². The molecule has 0 bridgehead atoms. The van der Waals surface area contributed by atoms with Gasteiger partial charge in [0.2, 0.25) is 5.78 Å². The van der Waals surface area contributed by atoms with Gasteiger partial charge in [0, 0.05) is 22.7 Å². The number of hydrogen-bond donors (Lipinski definition) is 3. The highest BCUT2D eigenvalue weighted by Gasteiger charge is 2.42. The number of fused-ring (bicyclic) bond motifs is 1. The minimum atomic E-state index is -1.19. The largest absolute Gasteiger partial charge is 0.492 e. The number of aromatic nitrogens is 2. The molecule has 0 aliphatic heterocycles. The Morgan fingerprint density at radius 3 is 2.54 bits per heavy atom. The summed E-state index contributed by atoms with van der Waals surface area (Å²) in [7, 11) is 0. The van der Waals surface area contributed by atoms with Gasteiger partial charge in [0.1, 0.15) is 23.6 Å². The second-order valence-corrected chi connectivity index (χ2v) is 9.61. The van der Waals surface area contributed by atoms with E-state index in [9.17, 15) is 19.5 Å². The van der Waals surface area contributed by atoms with Crippen molar-refractivity contribution in [3.05, 3.63) is 89.4 Å². The first-order valence-electron chi connectivity index (χ1n) is 12.4. The molecule has 1 amide bonds. The Kier molecular flexibility index (Phi) is 6.56. The first kappa shape index (κ1) is 24.4. The van der Waals surface area contributed by atoms with E-state index in [0.717, 1.165) is 29.3 Å². The highest BCUT2D eigenvalue weighted by molar-refractivity contribution is 6.08. The fourth-order valence-corrected chi connectivity index (χ4v) is 4.91. The highest BCUT2D eigenvalue weighted by Crippen LogP contribution is 2.30. The van der Waals surface area contributed by atoms with E-state index in [1.807, 2.05) is 66.2 Å². The molecule has 0 radical (unpaired) electrons. The van der Waals surface area contributed by atoms with Crippen molar-refractivity contribution in [1.82, 2.24) is 14.9 Å². The zero-order chi connectivity index (χ0) is 26.0. The number of aryl methyl sites for hydroxylation is 1. The molecule has 4 aromatic rings. The van der Waals surface area contributed by atoms with Crippen LogP contribution in [0.15, 0.2) is 66.9 Å². The molecule has 8 heteroatoms. The van der Waals surface area contributed by atoms with Gasteiger partial charge in [-0.1, -0.05) is 42.7 Å². The number of amides is 1. The average Bonchev–Trinajstić information content (AvgIpc) is 3.64. The number of carboxylic acid groups (broad SMARTS) is 1. The van der Waals surface area contributed by atoms with Gasteiger partial charge in [0.25, 0.3) is 5.91 Å². The SMILES string of the molecule is Cc1ccc(C(=O)c2cccn2CCOc2ccc3[nH]c(C(=O)NC4(C(=O)O)CCCC4)cc3c2)cc1. The summed E-state index contributed by atoms with van der Waals surface area (Å²) >= 11 is 0. The normalized spacial score (nSPS) is 14.5. The lowest BCUT2D eigenvalue weighted by atomic mass is 9.97. The number of carbonyl (C=O) groups excluding carboxylic acids is 2. The van der Waals surface area contributed by atoms with Gasteiger partial charge in [-0.05, 0) is 56.2 Å². The standard InChI is InChI=1S/C29H29N3O5/c1-19-6-8-20(9-7-19)26(33)25-5-4-14-32(25)15-16-37-22-10-11-23-21(17-22)18-24(30-23)27(34)31-29(28(35)36)12-2-3-13-29/h4-11,14,17-18,30H,2-3,12-13,15-16H2,1H3,(H,31,34)(H,35,36). The first-order chi connectivity index (χ1) is 17.8. The lowest BCUT2D eigenvalue weighted by Gasteiger charge is -2.24. The molecule has 8 nitrogen and oxygen atoms in total. The van der Waals surface area contributed by atoms with Crippen LogP contribution in [0.5, 0.6) is 5.75 Å². The number of nitrogens with zero attached hydrogens (tertiary/aromatic N) is 1. The number of nitrogens with one attached hydrogen (secondary N) is 2. The van der Waals surface area contributed by atoms with E-state index in [4.69, 9.17) is 4.74 Å². The molecule has 190 valence electrons. The first-order valence-corrected chi connectivity index (χ1v) is 12.4. The molecule has 1 aliphatic rings. The Morgan fingerprint density at radius 1 is 1.05 bits per heavy atom. The number of ether oxygens (including phenoxy) is 1. The lowest BCUT2D eigenvalue weighted by Crippen LogP contribution is -2.52. The van der Waals surface area contributed by atoms with Crippen molar-refractivity contribution >= 4 is 28.6 Å². The van der Waals surface area contributed by atoms with Crippen molar-refractivity contribution in [2.24, 2.45) is 0 Å². The molecule has 0 saturated heterocycles. The highest BCUT2D eigenvalue weighted by atomic mass is 16.5. The van der Waals surface area contributed by atoms with Crippen LogP contribution in [0, 0.1) is 6.92 Å². The van der Waals surface area contributed by atoms with Crippen LogP contribution in [-0.4, -0.2) is 44.5 Å². The molecule has 37 heavy (non-hydrogen) atoms. The Balaban J connectivity index is 1.23. The van der Waals surface area contributed by atoms with Crippen LogP contribution in [0.4, 0.5) is 0 Å². The van der Waals surface area contributed by atoms with E-state index in [1.54, 1.807) is 12.1 Å². The quantitative estimate of drug-likeness (QED) is 0.289. The van der Waals surface area contributed by atoms with Crippen LogP contribution in [0.1, 0.15) is 57.8 Å². The van der Waals surface area contributed by atoms with Gasteiger partial charge in [-0.3, -0.25) is 9.59 Å². The predicted octanol–water partition coefficient (Wildman–Crippen LogP) is 4.72. The molecule has 5 rings (SSSR count). The van der Waals surface area contributed by atoms with Crippen LogP contribution in [-0.2, 0) is 11.3 Å². The number of benzene rings is 2. The molecular formula is C29H29N3O5. The van der Waals surface area contributed by atoms with E-state index in [1.165, 1.54) is 0 Å². The molecule has 0 spiro atoms. The van der Waals surface area contributed by atoms with Gasteiger partial charge in [-0.15, -0.1) is 0 Å². The van der Waals surface area contributed by atoms with Crippen LogP contribution in [0.3, 0.4) is 0 Å². The third-order valence-electron chi connectivity index (χ3n) is 7.03. The minimum Gasteiger partial charge on any atom is -0.492 e. The number of carbonyl (C=O) groups is 3. The maximum atomic E-state index is 12.9. The Hall–Kier alpha value is -4.33. The van der Waals surface area contributed by atoms with E-state index < -0.39 is 17.4 Å². The molecule has 2 aromatic heterocycles. The Labute approximate surface area is 214 Å². The van der Waals surface area contributed by atoms with Crippen molar-refractivity contribution in [2.45, 2.75) is 44.7 Å². The minimum absolute atomic E-state index is 0.0353. The molecule has 3 N–H and O–H groups in total. The summed E-state index contributed by atoms with van der Waals surface area (Å²) in [6, 6.07) is 18.3. The van der Waals surface area contributed by atoms with E-state index in [0.29, 0.717) is 48.7 Å². The number of aromatic amines is 1. The van der Waals surface area contributed by atoms with Crippen LogP contribution < -0.4 is 10.1 Å². The van der Waals surface area contributed by atoms with Crippen LogP contribution in [0.2, 0.25) is 0 Å². The third kappa shape index (κ3) is 5.00. The smallest absolute Gasteiger partial charge is 0.329 e. The molecule has 1 saturated carbocycles. The Morgan fingerprint density at radius 2 is 1.81 bits per heavy atom. The summed E-state index contributed by atoms with van der Waals surface area (Å²) < 4.78 is 7.82. The van der Waals surface area contributed by atoms with Gasteiger partial charge in [0.05, 0.1) is 12.2 Å². The summed E-state index contributed by atoms with van der Waals surface area (Å²) in [5.74, 6) is -0.820. The van der Waals surface area contributed by atoms with Gasteiger partial charge < -0.3 is 24.7 Å². The number of H-pyrrole nitrogens is 1. The van der Waals surface area contributed by atoms with Crippen molar-refractivity contribution in [3.8, 4) is 5.75 Å². The van der Waals surface area contributed by atoms with Gasteiger partial charge >= 0.3 is 5.97 Å². The summed E-state index contributed by atoms with van der Waals surface area (Å²) in [4.78, 5) is 40.6. The van der Waals surface area contributed by atoms with Gasteiger partial charge in [-0.2, -0.15) is 0 Å². The van der Waals surface area contributed by atoms with Crippen molar-refractivity contribution in [1.29, 1.82) is 0 Å². The van der Waals surface area contributed by atoms with E-state index in [2.05, 4.69) is 10.3 Å². The van der Waals surface area contributed by atoms with E-state index >= 15 is 0 Å². The fourth-order valence-electron chi connectivity index (χ4n) is 4.91. The monoisotopic (exact) mass is 499 g/mol. The second-order valence-electron chi connectivity index (χ2n) is 9.61. The van der Waals surface area contributed by atoms with Gasteiger partial charge in [-0.25, -0.2) is 4.79 Å². The zero-order valence-corrected chi connectivity index (χ0v) is 20.6. The molecule has 1 fully saturated rings. The maximum absolute atomic E-state index is 12.9. The molecule has 2 heterocycles. The summed E-state index contributed by atoms with van der Waals surface area (Å²) in [5, 5.41) is 13.2. The van der Waals surface area contributed by atoms with Crippen LogP contribution >= 0.6 is 0 Å². The van der Waals surface area contributed by atoms with E-state index in [-0.39, 0.29) is 5.78 Å².